The van der Waals surface area contributed by atoms with Gasteiger partial charge >= 0.3 is 6.09 Å². The molecular formula is C22H20F2N4O5. The number of amides is 3. The Bertz CT molecular complexity index is 1090. The lowest BCUT2D eigenvalue weighted by Crippen LogP contribution is -2.39. The van der Waals surface area contributed by atoms with E-state index in [1.807, 2.05) is 0 Å². The minimum absolute atomic E-state index is 0.0964. The third-order valence-corrected chi connectivity index (χ3v) is 5.97. The Morgan fingerprint density at radius 2 is 1.73 bits per heavy atom. The van der Waals surface area contributed by atoms with Crippen LogP contribution in [0.5, 0.6) is 0 Å². The van der Waals surface area contributed by atoms with Crippen molar-refractivity contribution in [3.63, 3.8) is 0 Å². The number of nitrogens with zero attached hydrogens (tertiary/aromatic N) is 2. The van der Waals surface area contributed by atoms with Crippen molar-refractivity contribution in [2.45, 2.75) is 18.2 Å². The Labute approximate surface area is 186 Å². The van der Waals surface area contributed by atoms with Crippen LogP contribution in [0, 0.1) is 11.6 Å². The van der Waals surface area contributed by atoms with Gasteiger partial charge in [0.1, 0.15) is 11.8 Å². The van der Waals surface area contributed by atoms with Gasteiger partial charge in [0.2, 0.25) is 0 Å². The molecule has 172 valence electrons. The number of imide groups is 1. The van der Waals surface area contributed by atoms with E-state index < -0.39 is 41.7 Å². The molecule has 5 rings (SSSR count). The monoisotopic (exact) mass is 458 g/mol. The Balaban J connectivity index is 1.21. The van der Waals surface area contributed by atoms with Crippen molar-refractivity contribution in [1.82, 2.24) is 10.2 Å². The maximum absolute atomic E-state index is 14.7. The van der Waals surface area contributed by atoms with Crippen LogP contribution in [-0.4, -0.2) is 72.3 Å². The predicted molar refractivity (Wildman–Crippen MR) is 112 cm³/mol. The van der Waals surface area contributed by atoms with Gasteiger partial charge in [-0.1, -0.05) is 12.1 Å². The van der Waals surface area contributed by atoms with Crippen LogP contribution in [-0.2, 0) is 4.74 Å². The Morgan fingerprint density at radius 3 is 2.33 bits per heavy atom. The minimum atomic E-state index is -1.16. The zero-order chi connectivity index (χ0) is 23.3. The van der Waals surface area contributed by atoms with Gasteiger partial charge in [-0.15, -0.1) is 0 Å². The second-order valence-corrected chi connectivity index (χ2v) is 8.19. The molecule has 0 saturated carbocycles. The number of anilines is 2. The molecule has 11 heteroatoms. The normalized spacial score (nSPS) is 22.2. The highest BCUT2D eigenvalue weighted by Gasteiger charge is 2.43. The Hall–Kier alpha value is -3.73. The van der Waals surface area contributed by atoms with E-state index in [-0.39, 0.29) is 54.7 Å². The van der Waals surface area contributed by atoms with E-state index in [1.54, 1.807) is 24.3 Å². The molecular weight excluding hydrogens is 438 g/mol. The number of halogens is 2. The highest BCUT2D eigenvalue weighted by molar-refractivity contribution is 6.21. The lowest BCUT2D eigenvalue weighted by molar-refractivity contribution is 0.0557. The molecule has 0 aliphatic carbocycles. The van der Waals surface area contributed by atoms with Crippen LogP contribution < -0.4 is 15.5 Å². The standard InChI is InChI=1S/C22H20F2N4O5/c23-15-5-11(6-16(24)19(15)27-9-17-18(10-27)33-22(32)26-17)25-7-12(29)8-28-20(30)13-3-1-2-4-14(13)21(28)31/h1-6,12,17-18,25,29H,7-10H2,(H,26,32)/t12-,17+,18-/m1/s1. The highest BCUT2D eigenvalue weighted by Crippen LogP contribution is 2.32. The molecule has 33 heavy (non-hydrogen) atoms. The molecule has 0 unspecified atom stereocenters. The van der Waals surface area contributed by atoms with Gasteiger partial charge in [0.15, 0.2) is 11.6 Å². The fraction of sp³-hybridized carbons (Fsp3) is 0.318. The van der Waals surface area contributed by atoms with Crippen LogP contribution in [0.25, 0.3) is 0 Å². The maximum atomic E-state index is 14.7. The summed E-state index contributed by atoms with van der Waals surface area (Å²) in [6.45, 7) is -0.0108. The quantitative estimate of drug-likeness (QED) is 0.560. The topological polar surface area (TPSA) is 111 Å². The molecule has 0 spiro atoms. The first-order chi connectivity index (χ1) is 15.8. The first kappa shape index (κ1) is 21.1. The zero-order valence-electron chi connectivity index (χ0n) is 17.3. The van der Waals surface area contributed by atoms with Gasteiger partial charge in [-0.05, 0) is 24.3 Å². The highest BCUT2D eigenvalue weighted by atomic mass is 19.1. The van der Waals surface area contributed by atoms with Crippen molar-refractivity contribution in [2.24, 2.45) is 0 Å². The summed E-state index contributed by atoms with van der Waals surface area (Å²) < 4.78 is 34.5. The van der Waals surface area contributed by atoms with Crippen LogP contribution in [0.2, 0.25) is 0 Å². The van der Waals surface area contributed by atoms with E-state index in [0.29, 0.717) is 0 Å². The SMILES string of the molecule is O=C1N[C@H]2CN(c3c(F)cc(NC[C@@H](O)CN4C(=O)c5ccccc5C4=O)cc3F)C[C@H]2O1. The number of ether oxygens (including phenoxy) is 1. The third kappa shape index (κ3) is 3.74. The van der Waals surface area contributed by atoms with Crippen LogP contribution in [0.1, 0.15) is 20.7 Å². The lowest BCUT2D eigenvalue weighted by atomic mass is 10.1. The molecule has 0 bridgehead atoms. The number of alkyl carbamates (subject to hydrolysis) is 1. The first-order valence-electron chi connectivity index (χ1n) is 10.4. The van der Waals surface area contributed by atoms with Crippen LogP contribution >= 0.6 is 0 Å². The fourth-order valence-corrected chi connectivity index (χ4v) is 4.42. The van der Waals surface area contributed by atoms with E-state index in [2.05, 4.69) is 10.6 Å². The maximum Gasteiger partial charge on any atom is 0.407 e. The van der Waals surface area contributed by atoms with Gasteiger partial charge in [0.25, 0.3) is 11.8 Å². The molecule has 3 atom stereocenters. The Morgan fingerprint density at radius 1 is 1.09 bits per heavy atom. The van der Waals surface area contributed by atoms with Crippen molar-refractivity contribution in [3.05, 3.63) is 59.2 Å². The largest absolute Gasteiger partial charge is 0.442 e. The van der Waals surface area contributed by atoms with E-state index >= 15 is 0 Å². The number of carbonyl (C=O) groups excluding carboxylic acids is 3. The molecule has 2 aromatic carbocycles. The van der Waals surface area contributed by atoms with Gasteiger partial charge in [-0.3, -0.25) is 14.5 Å². The number of aliphatic hydroxyl groups is 1. The number of fused-ring (bicyclic) bond motifs is 2. The van der Waals surface area contributed by atoms with Crippen molar-refractivity contribution < 1.29 is 33.0 Å². The molecule has 3 aliphatic heterocycles. The van der Waals surface area contributed by atoms with Gasteiger partial charge in [-0.25, -0.2) is 13.6 Å². The van der Waals surface area contributed by atoms with Crippen LogP contribution in [0.3, 0.4) is 0 Å². The molecule has 3 aliphatic rings. The van der Waals surface area contributed by atoms with Gasteiger partial charge in [0, 0.05) is 18.8 Å². The second kappa shape index (κ2) is 8.00. The van der Waals surface area contributed by atoms with Crippen LogP contribution in [0.15, 0.2) is 36.4 Å². The van der Waals surface area contributed by atoms with Crippen molar-refractivity contribution in [2.75, 3.05) is 36.4 Å². The summed E-state index contributed by atoms with van der Waals surface area (Å²) in [6.07, 6.45) is -2.16. The fourth-order valence-electron chi connectivity index (χ4n) is 4.42. The van der Waals surface area contributed by atoms with Gasteiger partial charge in [-0.2, -0.15) is 0 Å². The van der Waals surface area contributed by atoms with Crippen LogP contribution in [0.4, 0.5) is 25.0 Å². The first-order valence-corrected chi connectivity index (χ1v) is 10.4. The molecule has 0 radical (unpaired) electrons. The van der Waals surface area contributed by atoms with Gasteiger partial charge in [0.05, 0.1) is 36.4 Å². The summed E-state index contributed by atoms with van der Waals surface area (Å²) in [5.74, 6) is -2.60. The summed E-state index contributed by atoms with van der Waals surface area (Å²) in [7, 11) is 0. The lowest BCUT2D eigenvalue weighted by Gasteiger charge is -2.22. The number of hydrogen-bond donors (Lipinski definition) is 3. The van der Waals surface area contributed by atoms with E-state index in [9.17, 15) is 28.3 Å². The molecule has 3 heterocycles. The number of carbonyl (C=O) groups is 3. The number of aliphatic hydroxyl groups excluding tert-OH is 1. The summed E-state index contributed by atoms with van der Waals surface area (Å²) in [6, 6.07) is 8.25. The third-order valence-electron chi connectivity index (χ3n) is 5.97. The minimum Gasteiger partial charge on any atom is -0.442 e. The Kier molecular flexibility index (Phi) is 5.12. The number of hydrogen-bond acceptors (Lipinski definition) is 7. The molecule has 9 nitrogen and oxygen atoms in total. The number of rotatable bonds is 6. The number of benzene rings is 2. The van der Waals surface area contributed by atoms with Crippen molar-refractivity contribution >= 4 is 29.3 Å². The molecule has 2 fully saturated rings. The molecule has 3 N–H and O–H groups in total. The van der Waals surface area contributed by atoms with E-state index in [4.69, 9.17) is 4.74 Å². The van der Waals surface area contributed by atoms with E-state index in [0.717, 1.165) is 17.0 Å². The second-order valence-electron chi connectivity index (χ2n) is 8.19. The van der Waals surface area contributed by atoms with E-state index in [1.165, 1.54) is 4.90 Å². The summed E-state index contributed by atoms with van der Waals surface area (Å²) in [4.78, 5) is 38.5. The average Bonchev–Trinajstić information content (AvgIpc) is 3.38. The number of β-amino-alcohol motifs (C(OH)–C–C–N with tert-alkyl or cyclic N) is 1. The molecule has 2 aromatic rings. The summed E-state index contributed by atoms with van der Waals surface area (Å²) in [5.41, 5.74) is 0.426. The zero-order valence-corrected chi connectivity index (χ0v) is 17.3. The van der Waals surface area contributed by atoms with Crippen molar-refractivity contribution in [1.29, 1.82) is 0 Å². The summed E-state index contributed by atoms with van der Waals surface area (Å²) in [5, 5.41) is 15.6. The average molecular weight is 458 g/mol. The number of nitrogens with one attached hydrogen (secondary N) is 2. The van der Waals surface area contributed by atoms with Crippen molar-refractivity contribution in [3.8, 4) is 0 Å². The molecule has 0 aromatic heterocycles. The molecule has 3 amide bonds. The summed E-state index contributed by atoms with van der Waals surface area (Å²) >= 11 is 0. The van der Waals surface area contributed by atoms with Gasteiger partial charge < -0.3 is 25.4 Å². The smallest absolute Gasteiger partial charge is 0.407 e. The molecule has 2 saturated heterocycles. The predicted octanol–water partition coefficient (Wildman–Crippen LogP) is 1.33.